The lowest BCUT2D eigenvalue weighted by molar-refractivity contribution is -0.137. The summed E-state index contributed by atoms with van der Waals surface area (Å²) in [7, 11) is 0. The Bertz CT molecular complexity index is 295. The second kappa shape index (κ2) is 15.3. The zero-order chi connectivity index (χ0) is 15.8. The van der Waals surface area contributed by atoms with Gasteiger partial charge in [-0.05, 0) is 38.5 Å². The van der Waals surface area contributed by atoms with Gasteiger partial charge in [-0.15, -0.1) is 0 Å². The van der Waals surface area contributed by atoms with Crippen molar-refractivity contribution in [2.45, 2.75) is 83.7 Å². The first-order valence-corrected chi connectivity index (χ1v) is 8.36. The molecule has 0 amide bonds. The Morgan fingerprint density at radius 3 is 2.38 bits per heavy atom. The molecule has 21 heavy (non-hydrogen) atoms. The number of carboxylic acid groups (broad SMARTS) is 1. The maximum absolute atomic E-state index is 10.3. The Balaban J connectivity index is 3.29. The van der Waals surface area contributed by atoms with Crippen molar-refractivity contribution in [1.82, 2.24) is 0 Å². The van der Waals surface area contributed by atoms with Crippen molar-refractivity contribution in [3.05, 3.63) is 24.3 Å². The van der Waals surface area contributed by atoms with Crippen molar-refractivity contribution < 1.29 is 15.0 Å². The molecule has 1 atom stereocenters. The lowest BCUT2D eigenvalue weighted by Crippen LogP contribution is -2.02. The third kappa shape index (κ3) is 16.9. The van der Waals surface area contributed by atoms with E-state index < -0.39 is 5.97 Å². The number of aliphatic hydroxyl groups is 1. The quantitative estimate of drug-likeness (QED) is 0.355. The highest BCUT2D eigenvalue weighted by Gasteiger charge is 1.97. The van der Waals surface area contributed by atoms with Crippen LogP contribution < -0.4 is 0 Å². The molecule has 0 aliphatic carbocycles. The average molecular weight is 296 g/mol. The molecule has 2 N–H and O–H groups in total. The molecule has 0 aliphatic rings. The van der Waals surface area contributed by atoms with Gasteiger partial charge >= 0.3 is 5.97 Å². The fourth-order valence-electron chi connectivity index (χ4n) is 2.16. The Kier molecular flexibility index (Phi) is 14.5. The Morgan fingerprint density at radius 1 is 1.00 bits per heavy atom. The molecule has 0 rings (SSSR count). The summed E-state index contributed by atoms with van der Waals surface area (Å²) in [5.41, 5.74) is 0. The third-order valence-corrected chi connectivity index (χ3v) is 3.40. The Hall–Kier alpha value is -1.09. The van der Waals surface area contributed by atoms with Crippen molar-refractivity contribution in [3.63, 3.8) is 0 Å². The fourth-order valence-corrected chi connectivity index (χ4v) is 2.16. The zero-order valence-electron chi connectivity index (χ0n) is 13.5. The van der Waals surface area contributed by atoms with Gasteiger partial charge in [-0.2, -0.15) is 0 Å². The SMILES string of the molecule is CCCC(O)CC=CCC=CCCCCCCCC(=O)O. The van der Waals surface area contributed by atoms with Crippen LogP contribution in [0, 0.1) is 0 Å². The van der Waals surface area contributed by atoms with Gasteiger partial charge in [-0.1, -0.05) is 56.9 Å². The predicted molar refractivity (Wildman–Crippen MR) is 88.4 cm³/mol. The number of allylic oxidation sites excluding steroid dienone is 3. The van der Waals surface area contributed by atoms with Crippen LogP contribution in [0.3, 0.4) is 0 Å². The minimum absolute atomic E-state index is 0.184. The minimum Gasteiger partial charge on any atom is -0.481 e. The van der Waals surface area contributed by atoms with Gasteiger partial charge in [0, 0.05) is 6.42 Å². The molecule has 0 aromatic heterocycles. The smallest absolute Gasteiger partial charge is 0.303 e. The van der Waals surface area contributed by atoms with Gasteiger partial charge in [0.2, 0.25) is 0 Å². The van der Waals surface area contributed by atoms with Crippen LogP contribution in [0.15, 0.2) is 24.3 Å². The first-order valence-electron chi connectivity index (χ1n) is 8.36. The highest BCUT2D eigenvalue weighted by molar-refractivity contribution is 5.66. The second-order valence-electron chi connectivity index (χ2n) is 5.56. The summed E-state index contributed by atoms with van der Waals surface area (Å²) in [6, 6.07) is 0. The normalized spacial score (nSPS) is 13.2. The molecule has 0 heterocycles. The summed E-state index contributed by atoms with van der Waals surface area (Å²) in [6.45, 7) is 2.09. The van der Waals surface area contributed by atoms with Gasteiger partial charge < -0.3 is 10.2 Å². The molecule has 0 spiro atoms. The van der Waals surface area contributed by atoms with Gasteiger partial charge in [0.15, 0.2) is 0 Å². The number of carbonyl (C=O) groups is 1. The maximum atomic E-state index is 10.3. The van der Waals surface area contributed by atoms with E-state index in [9.17, 15) is 9.90 Å². The van der Waals surface area contributed by atoms with Crippen molar-refractivity contribution >= 4 is 5.97 Å². The van der Waals surface area contributed by atoms with Crippen molar-refractivity contribution in [3.8, 4) is 0 Å². The van der Waals surface area contributed by atoms with E-state index in [4.69, 9.17) is 5.11 Å². The van der Waals surface area contributed by atoms with E-state index in [0.717, 1.165) is 51.4 Å². The minimum atomic E-state index is -0.687. The van der Waals surface area contributed by atoms with Crippen LogP contribution in [0.5, 0.6) is 0 Å². The van der Waals surface area contributed by atoms with E-state index in [-0.39, 0.29) is 6.10 Å². The number of aliphatic carboxylic acids is 1. The molecule has 0 aromatic carbocycles. The average Bonchev–Trinajstić information content (AvgIpc) is 2.44. The molecule has 0 fully saturated rings. The molecule has 3 heteroatoms. The van der Waals surface area contributed by atoms with Crippen molar-refractivity contribution in [2.24, 2.45) is 0 Å². The summed E-state index contributed by atoms with van der Waals surface area (Å²) in [5.74, 6) is -0.687. The number of aliphatic hydroxyl groups excluding tert-OH is 1. The predicted octanol–water partition coefficient (Wildman–Crippen LogP) is 4.86. The summed E-state index contributed by atoms with van der Waals surface area (Å²) in [4.78, 5) is 10.3. The van der Waals surface area contributed by atoms with Crippen LogP contribution in [-0.2, 0) is 4.79 Å². The van der Waals surface area contributed by atoms with Crippen molar-refractivity contribution in [2.75, 3.05) is 0 Å². The lowest BCUT2D eigenvalue weighted by Gasteiger charge is -2.03. The van der Waals surface area contributed by atoms with Gasteiger partial charge in [-0.3, -0.25) is 4.79 Å². The number of hydrogen-bond acceptors (Lipinski definition) is 2. The number of unbranched alkanes of at least 4 members (excludes halogenated alkanes) is 5. The maximum Gasteiger partial charge on any atom is 0.303 e. The molecule has 1 unspecified atom stereocenters. The molecule has 3 nitrogen and oxygen atoms in total. The molecule has 0 aliphatic heterocycles. The lowest BCUT2D eigenvalue weighted by atomic mass is 10.1. The Morgan fingerprint density at radius 2 is 1.67 bits per heavy atom. The van der Waals surface area contributed by atoms with Crippen LogP contribution >= 0.6 is 0 Å². The summed E-state index contributed by atoms with van der Waals surface area (Å²) in [5, 5.41) is 18.0. The Labute approximate surface area is 129 Å². The second-order valence-corrected chi connectivity index (χ2v) is 5.56. The third-order valence-electron chi connectivity index (χ3n) is 3.40. The molecule has 0 saturated carbocycles. The molecular formula is C18H32O3. The van der Waals surface area contributed by atoms with Crippen LogP contribution in [0.4, 0.5) is 0 Å². The van der Waals surface area contributed by atoms with Gasteiger partial charge in [0.05, 0.1) is 6.10 Å². The summed E-state index contributed by atoms with van der Waals surface area (Å²) < 4.78 is 0. The standard InChI is InChI=1S/C18H32O3/c1-2-14-17(19)15-12-10-8-6-4-3-5-7-9-11-13-16-18(20)21/h4,6,10,12,17,19H,2-3,5,7-9,11,13-16H2,1H3,(H,20,21). The highest BCUT2D eigenvalue weighted by Crippen LogP contribution is 2.08. The van der Waals surface area contributed by atoms with E-state index >= 15 is 0 Å². The number of rotatable bonds is 14. The highest BCUT2D eigenvalue weighted by atomic mass is 16.4. The first-order chi connectivity index (χ1) is 10.2. The zero-order valence-corrected chi connectivity index (χ0v) is 13.5. The molecular weight excluding hydrogens is 264 g/mol. The van der Waals surface area contributed by atoms with E-state index in [1.165, 1.54) is 12.8 Å². The molecule has 0 bridgehead atoms. The molecule has 122 valence electrons. The van der Waals surface area contributed by atoms with E-state index in [2.05, 4.69) is 31.2 Å². The van der Waals surface area contributed by atoms with Gasteiger partial charge in [0.25, 0.3) is 0 Å². The fraction of sp³-hybridized carbons (Fsp3) is 0.722. The summed E-state index contributed by atoms with van der Waals surface area (Å²) >= 11 is 0. The topological polar surface area (TPSA) is 57.5 Å². The molecule has 0 radical (unpaired) electrons. The van der Waals surface area contributed by atoms with Gasteiger partial charge in [-0.25, -0.2) is 0 Å². The van der Waals surface area contributed by atoms with Gasteiger partial charge in [0.1, 0.15) is 0 Å². The van der Waals surface area contributed by atoms with Crippen LogP contribution in [0.25, 0.3) is 0 Å². The first kappa shape index (κ1) is 19.9. The molecule has 0 saturated heterocycles. The van der Waals surface area contributed by atoms with E-state index in [0.29, 0.717) is 6.42 Å². The van der Waals surface area contributed by atoms with Crippen LogP contribution in [0.2, 0.25) is 0 Å². The monoisotopic (exact) mass is 296 g/mol. The molecule has 0 aromatic rings. The van der Waals surface area contributed by atoms with E-state index in [1.54, 1.807) is 0 Å². The largest absolute Gasteiger partial charge is 0.481 e. The number of hydrogen-bond donors (Lipinski definition) is 2. The van der Waals surface area contributed by atoms with E-state index in [1.807, 2.05) is 0 Å². The van der Waals surface area contributed by atoms with Crippen molar-refractivity contribution in [1.29, 1.82) is 0 Å². The van der Waals surface area contributed by atoms with Crippen LogP contribution in [-0.4, -0.2) is 22.3 Å². The number of carboxylic acids is 1. The van der Waals surface area contributed by atoms with Crippen LogP contribution in [0.1, 0.15) is 77.6 Å². The summed E-state index contributed by atoms with van der Waals surface area (Å²) in [6.07, 6.45) is 18.7.